The van der Waals surface area contributed by atoms with Crippen LogP contribution in [-0.2, 0) is 9.88 Å². The van der Waals surface area contributed by atoms with Gasteiger partial charge in [-0.05, 0) is 19.3 Å². The van der Waals surface area contributed by atoms with E-state index >= 15 is 0 Å². The minimum Gasteiger partial charge on any atom is -0.242 e. The summed E-state index contributed by atoms with van der Waals surface area (Å²) in [6.45, 7) is 1.59. The van der Waals surface area contributed by atoms with Gasteiger partial charge in [0, 0.05) is 6.54 Å². The minimum atomic E-state index is 0.648. The lowest BCUT2D eigenvalue weighted by Gasteiger charge is -2.10. The second-order valence-corrected chi connectivity index (χ2v) is 2.12. The topological polar surface area (TPSA) is 54.5 Å². The molecule has 1 aliphatic rings. The number of rotatable bonds is 0. The molecule has 1 heterocycles. The molecule has 0 aliphatic carbocycles. The van der Waals surface area contributed by atoms with Crippen molar-refractivity contribution >= 4 is 0 Å². The van der Waals surface area contributed by atoms with Crippen LogP contribution in [-0.4, -0.2) is 13.2 Å². The molecule has 0 saturated carbocycles. The highest BCUT2D eigenvalue weighted by molar-refractivity contribution is 4.42. The van der Waals surface area contributed by atoms with Crippen LogP contribution >= 0.6 is 0 Å². The van der Waals surface area contributed by atoms with Crippen LogP contribution in [0, 0.1) is 0 Å². The third-order valence-corrected chi connectivity index (χ3v) is 1.27. The lowest BCUT2D eigenvalue weighted by molar-refractivity contribution is -0.348. The molecule has 0 amide bonds. The average Bonchev–Trinajstić information content (AvgIpc) is 2.01. The van der Waals surface area contributed by atoms with E-state index in [4.69, 9.17) is 4.89 Å². The third-order valence-electron chi connectivity index (χ3n) is 1.27. The molecule has 0 aromatic carbocycles. The molecule has 5 heteroatoms. The Balaban J connectivity index is 2.00. The SMILES string of the molecule is C1CCNNNOOCC1. The van der Waals surface area contributed by atoms with Gasteiger partial charge in [-0.15, -0.1) is 4.99 Å². The first-order valence-electron chi connectivity index (χ1n) is 3.51. The molecule has 1 saturated heterocycles. The lowest BCUT2D eigenvalue weighted by Crippen LogP contribution is -2.44. The Morgan fingerprint density at radius 1 is 1.10 bits per heavy atom. The summed E-state index contributed by atoms with van der Waals surface area (Å²) in [5.41, 5.74) is 7.87. The summed E-state index contributed by atoms with van der Waals surface area (Å²) in [6.07, 6.45) is 3.36. The summed E-state index contributed by atoms with van der Waals surface area (Å²) in [5.74, 6) is 0. The van der Waals surface area contributed by atoms with E-state index in [1.807, 2.05) is 0 Å². The van der Waals surface area contributed by atoms with E-state index in [-0.39, 0.29) is 0 Å². The monoisotopic (exact) mass is 147 g/mol. The van der Waals surface area contributed by atoms with Gasteiger partial charge in [-0.3, -0.25) is 0 Å². The summed E-state index contributed by atoms with van der Waals surface area (Å²) >= 11 is 0. The molecule has 0 radical (unpaired) electrons. The molecule has 0 aromatic rings. The summed E-state index contributed by atoms with van der Waals surface area (Å²) in [6, 6.07) is 0. The van der Waals surface area contributed by atoms with Gasteiger partial charge in [0.05, 0.1) is 6.61 Å². The first kappa shape index (κ1) is 7.90. The lowest BCUT2D eigenvalue weighted by atomic mass is 10.2. The fourth-order valence-electron chi connectivity index (χ4n) is 0.742. The summed E-state index contributed by atoms with van der Waals surface area (Å²) in [5, 5.41) is 0. The van der Waals surface area contributed by atoms with Crippen molar-refractivity contribution in [3.8, 4) is 0 Å². The van der Waals surface area contributed by atoms with Crippen LogP contribution in [0.5, 0.6) is 0 Å². The van der Waals surface area contributed by atoms with Crippen molar-refractivity contribution in [1.82, 2.24) is 16.5 Å². The smallest absolute Gasteiger partial charge is 0.0842 e. The van der Waals surface area contributed by atoms with Gasteiger partial charge < -0.3 is 0 Å². The average molecular weight is 147 g/mol. The first-order valence-corrected chi connectivity index (χ1v) is 3.51. The van der Waals surface area contributed by atoms with Crippen LogP contribution in [0.1, 0.15) is 19.3 Å². The molecule has 3 N–H and O–H groups in total. The molecule has 10 heavy (non-hydrogen) atoms. The quantitative estimate of drug-likeness (QED) is 0.408. The zero-order valence-corrected chi connectivity index (χ0v) is 5.85. The Morgan fingerprint density at radius 3 is 3.10 bits per heavy atom. The minimum absolute atomic E-state index is 0.648. The molecular weight excluding hydrogens is 134 g/mol. The van der Waals surface area contributed by atoms with Gasteiger partial charge in [-0.1, -0.05) is 5.59 Å². The van der Waals surface area contributed by atoms with Crippen LogP contribution in [0.25, 0.3) is 0 Å². The maximum atomic E-state index is 4.70. The van der Waals surface area contributed by atoms with E-state index in [2.05, 4.69) is 21.5 Å². The molecule has 5 nitrogen and oxygen atoms in total. The second-order valence-electron chi connectivity index (χ2n) is 2.12. The third kappa shape index (κ3) is 3.76. The molecular formula is C5H13N3O2. The predicted octanol–water partition coefficient (Wildman–Crippen LogP) is -0.368. The summed E-state index contributed by atoms with van der Waals surface area (Å²) in [7, 11) is 0. The van der Waals surface area contributed by atoms with E-state index in [1.165, 1.54) is 0 Å². The van der Waals surface area contributed by atoms with Crippen LogP contribution < -0.4 is 16.5 Å². The summed E-state index contributed by atoms with van der Waals surface area (Å²) in [4.78, 5) is 9.18. The van der Waals surface area contributed by atoms with Gasteiger partial charge >= 0.3 is 0 Å². The highest BCUT2D eigenvalue weighted by Gasteiger charge is 1.93. The maximum absolute atomic E-state index is 4.70. The van der Waals surface area contributed by atoms with Crippen molar-refractivity contribution in [3.05, 3.63) is 0 Å². The molecule has 60 valence electrons. The Bertz CT molecular complexity index is 48.1. The van der Waals surface area contributed by atoms with E-state index in [1.54, 1.807) is 0 Å². The van der Waals surface area contributed by atoms with Gasteiger partial charge in [0.15, 0.2) is 0 Å². The fourth-order valence-corrected chi connectivity index (χ4v) is 0.742. The Hall–Kier alpha value is -0.200. The van der Waals surface area contributed by atoms with Crippen LogP contribution in [0.3, 0.4) is 0 Å². The number of nitrogens with one attached hydrogen (secondary N) is 3. The van der Waals surface area contributed by atoms with Crippen molar-refractivity contribution < 1.29 is 9.88 Å². The second kappa shape index (κ2) is 5.57. The van der Waals surface area contributed by atoms with Crippen molar-refractivity contribution in [3.63, 3.8) is 0 Å². The van der Waals surface area contributed by atoms with Gasteiger partial charge in [0.2, 0.25) is 0 Å². The maximum Gasteiger partial charge on any atom is 0.0842 e. The standard InChI is InChI=1S/C5H13N3O2/c1-2-4-6-7-8-10-9-5-3-1/h6-8H,1-5H2. The zero-order valence-electron chi connectivity index (χ0n) is 5.85. The molecule has 1 aliphatic heterocycles. The largest absolute Gasteiger partial charge is 0.242 e. The zero-order chi connectivity index (χ0) is 7.07. The van der Waals surface area contributed by atoms with E-state index in [9.17, 15) is 0 Å². The van der Waals surface area contributed by atoms with E-state index in [0.29, 0.717) is 6.61 Å². The Kier molecular flexibility index (Phi) is 4.41. The molecule has 1 rings (SSSR count). The molecule has 0 unspecified atom stereocenters. The van der Waals surface area contributed by atoms with Crippen LogP contribution in [0.2, 0.25) is 0 Å². The Labute approximate surface area is 59.9 Å². The van der Waals surface area contributed by atoms with Gasteiger partial charge in [0.25, 0.3) is 0 Å². The van der Waals surface area contributed by atoms with Crippen LogP contribution in [0.4, 0.5) is 0 Å². The van der Waals surface area contributed by atoms with E-state index in [0.717, 1.165) is 25.8 Å². The van der Waals surface area contributed by atoms with Gasteiger partial charge in [0.1, 0.15) is 0 Å². The fraction of sp³-hybridized carbons (Fsp3) is 1.00. The van der Waals surface area contributed by atoms with Crippen molar-refractivity contribution in [2.24, 2.45) is 0 Å². The van der Waals surface area contributed by atoms with Gasteiger partial charge in [-0.25, -0.2) is 10.3 Å². The molecule has 0 spiro atoms. The van der Waals surface area contributed by atoms with Crippen molar-refractivity contribution in [1.29, 1.82) is 0 Å². The van der Waals surface area contributed by atoms with Gasteiger partial charge in [-0.2, -0.15) is 5.53 Å². The molecule has 0 bridgehead atoms. The number of hydrogen-bond acceptors (Lipinski definition) is 5. The normalized spacial score (nSPS) is 24.0. The highest BCUT2D eigenvalue weighted by atomic mass is 17.3. The molecule has 0 atom stereocenters. The van der Waals surface area contributed by atoms with Crippen molar-refractivity contribution in [2.75, 3.05) is 13.2 Å². The molecule has 0 aromatic heterocycles. The molecule has 1 fully saturated rings. The highest BCUT2D eigenvalue weighted by Crippen LogP contribution is 1.94. The van der Waals surface area contributed by atoms with Crippen LogP contribution in [0.15, 0.2) is 0 Å². The summed E-state index contributed by atoms with van der Waals surface area (Å²) < 4.78 is 0. The number of hydrogen-bond donors (Lipinski definition) is 3. The number of hydrazine groups is 2. The Morgan fingerprint density at radius 2 is 2.10 bits per heavy atom. The van der Waals surface area contributed by atoms with Crippen molar-refractivity contribution in [2.45, 2.75) is 19.3 Å². The first-order chi connectivity index (χ1) is 5.00. The predicted molar refractivity (Wildman–Crippen MR) is 35.2 cm³/mol. The van der Waals surface area contributed by atoms with E-state index < -0.39 is 0 Å².